The van der Waals surface area contributed by atoms with E-state index in [0.29, 0.717) is 6.54 Å². The molecule has 1 aliphatic heterocycles. The van der Waals surface area contributed by atoms with Gasteiger partial charge >= 0.3 is 0 Å². The molecule has 0 bridgehead atoms. The van der Waals surface area contributed by atoms with E-state index in [1.165, 1.54) is 0 Å². The van der Waals surface area contributed by atoms with Crippen molar-refractivity contribution in [2.24, 2.45) is 0 Å². The van der Waals surface area contributed by atoms with E-state index in [-0.39, 0.29) is 17.6 Å². The fraction of sp³-hybridized carbons (Fsp3) is 0.217. The lowest BCUT2D eigenvalue weighted by Crippen LogP contribution is -2.32. The molecule has 4 heteroatoms. The molecule has 1 fully saturated rings. The van der Waals surface area contributed by atoms with Crippen LogP contribution in [0.4, 0.5) is 0 Å². The van der Waals surface area contributed by atoms with Gasteiger partial charge in [-0.3, -0.25) is 4.79 Å². The van der Waals surface area contributed by atoms with Crippen molar-refractivity contribution in [3.05, 3.63) is 65.7 Å². The maximum atomic E-state index is 12.6. The molecule has 0 aliphatic carbocycles. The third kappa shape index (κ3) is 3.55. The molecular formula is C23H20N2O2. The van der Waals surface area contributed by atoms with E-state index in [4.69, 9.17) is 4.74 Å². The van der Waals surface area contributed by atoms with Crippen LogP contribution in [0.5, 0.6) is 0 Å². The van der Waals surface area contributed by atoms with Gasteiger partial charge in [0.1, 0.15) is 11.6 Å². The summed E-state index contributed by atoms with van der Waals surface area (Å²) in [5.74, 6) is -0.356. The van der Waals surface area contributed by atoms with Crippen molar-refractivity contribution in [1.29, 1.82) is 5.26 Å². The number of carbonyl (C=O) groups is 1. The second-order valence-electron chi connectivity index (χ2n) is 6.75. The number of nitriles is 1. The third-order valence-electron chi connectivity index (χ3n) is 4.98. The number of rotatable bonds is 4. The van der Waals surface area contributed by atoms with E-state index >= 15 is 0 Å². The second kappa shape index (κ2) is 7.61. The number of benzene rings is 3. The van der Waals surface area contributed by atoms with Crippen molar-refractivity contribution < 1.29 is 9.53 Å². The zero-order valence-electron chi connectivity index (χ0n) is 14.9. The van der Waals surface area contributed by atoms with Crippen LogP contribution in [0.25, 0.3) is 27.6 Å². The Morgan fingerprint density at radius 1 is 1.15 bits per heavy atom. The van der Waals surface area contributed by atoms with Crippen molar-refractivity contribution in [2.45, 2.75) is 18.9 Å². The number of carbonyl (C=O) groups excluding carboxylic acids is 1. The van der Waals surface area contributed by atoms with Gasteiger partial charge in [0, 0.05) is 13.2 Å². The molecule has 0 saturated carbocycles. The van der Waals surface area contributed by atoms with E-state index in [1.807, 2.05) is 48.5 Å². The van der Waals surface area contributed by atoms with Gasteiger partial charge in [0.05, 0.1) is 6.10 Å². The predicted octanol–water partition coefficient (Wildman–Crippen LogP) is 4.20. The molecule has 1 unspecified atom stereocenters. The molecule has 0 radical (unpaired) electrons. The van der Waals surface area contributed by atoms with Gasteiger partial charge in [-0.2, -0.15) is 5.26 Å². The summed E-state index contributed by atoms with van der Waals surface area (Å²) in [6.07, 6.45) is 3.71. The first-order valence-corrected chi connectivity index (χ1v) is 9.18. The molecule has 3 aromatic carbocycles. The van der Waals surface area contributed by atoms with Crippen LogP contribution in [0.2, 0.25) is 0 Å². The van der Waals surface area contributed by atoms with Gasteiger partial charge in [0.15, 0.2) is 0 Å². The van der Waals surface area contributed by atoms with E-state index in [2.05, 4.69) is 17.5 Å². The first-order chi connectivity index (χ1) is 13.3. The van der Waals surface area contributed by atoms with Crippen LogP contribution >= 0.6 is 0 Å². The van der Waals surface area contributed by atoms with Crippen LogP contribution in [0.3, 0.4) is 0 Å². The number of fused-ring (bicyclic) bond motifs is 2. The smallest absolute Gasteiger partial charge is 0.262 e. The third-order valence-corrected chi connectivity index (χ3v) is 4.98. The van der Waals surface area contributed by atoms with Gasteiger partial charge in [-0.15, -0.1) is 0 Å². The van der Waals surface area contributed by atoms with Crippen molar-refractivity contribution in [3.8, 4) is 6.07 Å². The van der Waals surface area contributed by atoms with Gasteiger partial charge in [-0.05, 0) is 52.1 Å². The molecule has 134 valence electrons. The Labute approximate surface area is 158 Å². The second-order valence-corrected chi connectivity index (χ2v) is 6.75. The molecular weight excluding hydrogens is 336 g/mol. The molecule has 27 heavy (non-hydrogen) atoms. The number of hydrogen-bond donors (Lipinski definition) is 1. The first-order valence-electron chi connectivity index (χ1n) is 9.18. The van der Waals surface area contributed by atoms with Crippen LogP contribution in [-0.4, -0.2) is 25.2 Å². The summed E-state index contributed by atoms with van der Waals surface area (Å²) < 4.78 is 5.53. The molecule has 1 atom stereocenters. The molecule has 1 N–H and O–H groups in total. The Kier molecular flexibility index (Phi) is 4.86. The number of nitrogens with zero attached hydrogens (tertiary/aromatic N) is 1. The number of nitrogens with one attached hydrogen (secondary N) is 1. The highest BCUT2D eigenvalue weighted by Crippen LogP contribution is 2.30. The van der Waals surface area contributed by atoms with Gasteiger partial charge in [-0.25, -0.2) is 0 Å². The Hall–Kier alpha value is -3.16. The van der Waals surface area contributed by atoms with Crippen molar-refractivity contribution >= 4 is 33.5 Å². The normalized spacial score (nSPS) is 17.1. The summed E-state index contributed by atoms with van der Waals surface area (Å²) in [5, 5.41) is 16.6. The first kappa shape index (κ1) is 17.3. The predicted molar refractivity (Wildman–Crippen MR) is 107 cm³/mol. The fourth-order valence-corrected chi connectivity index (χ4v) is 3.60. The zero-order chi connectivity index (χ0) is 18.6. The van der Waals surface area contributed by atoms with Crippen LogP contribution in [0.15, 0.2) is 60.2 Å². The van der Waals surface area contributed by atoms with Gasteiger partial charge in [0.2, 0.25) is 0 Å². The minimum Gasteiger partial charge on any atom is -0.376 e. The highest BCUT2D eigenvalue weighted by molar-refractivity contribution is 6.11. The summed E-state index contributed by atoms with van der Waals surface area (Å²) in [6, 6.07) is 20.2. The van der Waals surface area contributed by atoms with Gasteiger partial charge < -0.3 is 10.1 Å². The topological polar surface area (TPSA) is 62.1 Å². The Morgan fingerprint density at radius 2 is 1.81 bits per heavy atom. The lowest BCUT2D eigenvalue weighted by molar-refractivity contribution is -0.117. The van der Waals surface area contributed by atoms with Crippen LogP contribution in [-0.2, 0) is 9.53 Å². The minimum atomic E-state index is -0.356. The lowest BCUT2D eigenvalue weighted by atomic mass is 9.95. The molecule has 1 saturated heterocycles. The monoisotopic (exact) mass is 356 g/mol. The SMILES string of the molecule is N#C/C(=C\c1c2ccccc2cc2ccccc12)C(=O)NCC1CCCO1. The average molecular weight is 356 g/mol. The Morgan fingerprint density at radius 3 is 2.41 bits per heavy atom. The molecule has 4 rings (SSSR count). The summed E-state index contributed by atoms with van der Waals surface area (Å²) in [6.45, 7) is 1.18. The maximum Gasteiger partial charge on any atom is 0.262 e. The average Bonchev–Trinajstić information content (AvgIpc) is 3.23. The van der Waals surface area contributed by atoms with Crippen LogP contribution in [0.1, 0.15) is 18.4 Å². The molecule has 1 aliphatic rings. The maximum absolute atomic E-state index is 12.6. The number of hydrogen-bond acceptors (Lipinski definition) is 3. The molecule has 0 aromatic heterocycles. The fourth-order valence-electron chi connectivity index (χ4n) is 3.60. The van der Waals surface area contributed by atoms with E-state index < -0.39 is 0 Å². The lowest BCUT2D eigenvalue weighted by Gasteiger charge is -2.11. The summed E-state index contributed by atoms with van der Waals surface area (Å²) >= 11 is 0. The van der Waals surface area contributed by atoms with Crippen LogP contribution in [0, 0.1) is 11.3 Å². The van der Waals surface area contributed by atoms with Crippen LogP contribution < -0.4 is 5.32 Å². The largest absolute Gasteiger partial charge is 0.376 e. The van der Waals surface area contributed by atoms with Crippen molar-refractivity contribution in [2.75, 3.05) is 13.2 Å². The van der Waals surface area contributed by atoms with Gasteiger partial charge in [-0.1, -0.05) is 48.5 Å². The van der Waals surface area contributed by atoms with E-state index in [0.717, 1.165) is 46.6 Å². The minimum absolute atomic E-state index is 0.0484. The molecule has 4 nitrogen and oxygen atoms in total. The summed E-state index contributed by atoms with van der Waals surface area (Å²) in [7, 11) is 0. The van der Waals surface area contributed by atoms with E-state index in [1.54, 1.807) is 6.08 Å². The quantitative estimate of drug-likeness (QED) is 0.433. The molecule has 1 amide bonds. The number of ether oxygens (including phenoxy) is 1. The number of amides is 1. The molecule has 0 spiro atoms. The van der Waals surface area contributed by atoms with Gasteiger partial charge in [0.25, 0.3) is 5.91 Å². The summed E-state index contributed by atoms with van der Waals surface area (Å²) in [5.41, 5.74) is 1.00. The zero-order valence-corrected chi connectivity index (χ0v) is 14.9. The summed E-state index contributed by atoms with van der Waals surface area (Å²) in [4.78, 5) is 12.6. The van der Waals surface area contributed by atoms with Crippen molar-refractivity contribution in [3.63, 3.8) is 0 Å². The Bertz CT molecular complexity index is 1020. The highest BCUT2D eigenvalue weighted by atomic mass is 16.5. The van der Waals surface area contributed by atoms with Crippen molar-refractivity contribution in [1.82, 2.24) is 5.32 Å². The molecule has 3 aromatic rings. The Balaban J connectivity index is 1.74. The molecule has 1 heterocycles. The van der Waals surface area contributed by atoms with E-state index in [9.17, 15) is 10.1 Å². The highest BCUT2D eigenvalue weighted by Gasteiger charge is 2.18. The standard InChI is InChI=1S/C23H20N2O2/c24-14-18(23(26)25-15-19-8-5-11-27-19)13-22-20-9-3-1-6-16(20)12-17-7-2-4-10-21(17)22/h1-4,6-7,9-10,12-13,19H,5,8,11,15H2,(H,25,26)/b18-13+.